The Balaban J connectivity index is 1.86. The molecule has 1 heterocycles. The van der Waals surface area contributed by atoms with Crippen molar-refractivity contribution in [2.45, 2.75) is 18.4 Å². The number of nitrogens with one attached hydrogen (secondary N) is 2. The van der Waals surface area contributed by atoms with Crippen molar-refractivity contribution in [1.82, 2.24) is 5.32 Å². The van der Waals surface area contributed by atoms with E-state index < -0.39 is 5.60 Å². The summed E-state index contributed by atoms with van der Waals surface area (Å²) in [6.07, 6.45) is 1.06. The number of methoxy groups -OCH3 is 1. The van der Waals surface area contributed by atoms with E-state index in [9.17, 15) is 9.90 Å². The molecule has 6 nitrogen and oxygen atoms in total. The highest BCUT2D eigenvalue weighted by molar-refractivity contribution is 5.90. The van der Waals surface area contributed by atoms with Gasteiger partial charge in [-0.15, -0.1) is 0 Å². The fourth-order valence-corrected chi connectivity index (χ4v) is 2.09. The molecule has 1 aromatic carbocycles. The average molecular weight is 280 g/mol. The summed E-state index contributed by atoms with van der Waals surface area (Å²) in [7, 11) is 1.54. The van der Waals surface area contributed by atoms with Crippen LogP contribution in [0.3, 0.4) is 0 Å². The van der Waals surface area contributed by atoms with Crippen molar-refractivity contribution in [1.29, 1.82) is 0 Å². The highest BCUT2D eigenvalue weighted by Gasteiger charge is 2.30. The number of hydrogen-bond acceptors (Lipinski definition) is 4. The fourth-order valence-electron chi connectivity index (χ4n) is 2.09. The monoisotopic (exact) mass is 280 g/mol. The molecule has 0 bridgehead atoms. The number of benzene rings is 1. The molecule has 1 aromatic rings. The molecule has 0 radical (unpaired) electrons. The van der Waals surface area contributed by atoms with E-state index in [0.717, 1.165) is 0 Å². The molecule has 2 amide bonds. The quantitative estimate of drug-likeness (QED) is 0.778. The number of urea groups is 1. The predicted octanol–water partition coefficient (Wildman–Crippen LogP) is 1.36. The van der Waals surface area contributed by atoms with Crippen LogP contribution in [0.25, 0.3) is 0 Å². The average Bonchev–Trinajstić information content (AvgIpc) is 2.47. The predicted molar refractivity (Wildman–Crippen MR) is 75.0 cm³/mol. The van der Waals surface area contributed by atoms with Crippen LogP contribution >= 0.6 is 0 Å². The van der Waals surface area contributed by atoms with E-state index in [1.165, 1.54) is 0 Å². The van der Waals surface area contributed by atoms with Crippen LogP contribution in [0.2, 0.25) is 0 Å². The number of ether oxygens (including phenoxy) is 2. The number of aliphatic hydroxyl groups is 1. The van der Waals surface area contributed by atoms with Crippen LogP contribution in [-0.2, 0) is 4.74 Å². The summed E-state index contributed by atoms with van der Waals surface area (Å²) in [6.45, 7) is 1.25. The Morgan fingerprint density at radius 2 is 2.10 bits per heavy atom. The number of hydrogen-bond donors (Lipinski definition) is 3. The first kappa shape index (κ1) is 14.6. The number of amides is 2. The van der Waals surface area contributed by atoms with Crippen molar-refractivity contribution in [3.63, 3.8) is 0 Å². The Hall–Kier alpha value is -1.79. The van der Waals surface area contributed by atoms with Gasteiger partial charge < -0.3 is 25.2 Å². The maximum absolute atomic E-state index is 11.8. The summed E-state index contributed by atoms with van der Waals surface area (Å²) in [5, 5.41) is 15.6. The van der Waals surface area contributed by atoms with E-state index >= 15 is 0 Å². The third-order valence-electron chi connectivity index (χ3n) is 3.36. The first-order valence-electron chi connectivity index (χ1n) is 6.61. The van der Waals surface area contributed by atoms with E-state index in [1.807, 2.05) is 12.1 Å². The summed E-state index contributed by atoms with van der Waals surface area (Å²) >= 11 is 0. The van der Waals surface area contributed by atoms with Gasteiger partial charge in [0.2, 0.25) is 0 Å². The molecule has 0 aromatic heterocycles. The number of rotatable bonds is 4. The van der Waals surface area contributed by atoms with Gasteiger partial charge in [0.05, 0.1) is 18.4 Å². The second-order valence-corrected chi connectivity index (χ2v) is 4.84. The fraction of sp³-hybridized carbons (Fsp3) is 0.500. The molecule has 6 heteroatoms. The lowest BCUT2D eigenvalue weighted by molar-refractivity contribution is -0.0598. The van der Waals surface area contributed by atoms with Crippen LogP contribution in [0, 0.1) is 0 Å². The van der Waals surface area contributed by atoms with Gasteiger partial charge in [-0.25, -0.2) is 4.79 Å². The molecule has 0 aliphatic carbocycles. The summed E-state index contributed by atoms with van der Waals surface area (Å²) in [5.41, 5.74) is -0.289. The molecule has 0 saturated carbocycles. The third-order valence-corrected chi connectivity index (χ3v) is 3.36. The first-order chi connectivity index (χ1) is 9.63. The Labute approximate surface area is 118 Å². The molecular formula is C14H20N2O4. The minimum absolute atomic E-state index is 0.206. The van der Waals surface area contributed by atoms with Crippen molar-refractivity contribution in [2.24, 2.45) is 0 Å². The Kier molecular flexibility index (Phi) is 4.81. The molecule has 2 rings (SSSR count). The number of carbonyl (C=O) groups excluding carboxylic acids is 1. The van der Waals surface area contributed by atoms with E-state index in [4.69, 9.17) is 9.47 Å². The Morgan fingerprint density at radius 1 is 1.40 bits per heavy atom. The highest BCUT2D eigenvalue weighted by atomic mass is 16.5. The zero-order valence-corrected chi connectivity index (χ0v) is 11.5. The van der Waals surface area contributed by atoms with Gasteiger partial charge in [0.25, 0.3) is 0 Å². The summed E-state index contributed by atoms with van der Waals surface area (Å²) in [4.78, 5) is 11.8. The van der Waals surface area contributed by atoms with Gasteiger partial charge in [-0.2, -0.15) is 0 Å². The summed E-state index contributed by atoms with van der Waals surface area (Å²) < 4.78 is 10.3. The van der Waals surface area contributed by atoms with Crippen LogP contribution in [0.4, 0.5) is 10.5 Å². The normalized spacial score (nSPS) is 17.3. The van der Waals surface area contributed by atoms with Gasteiger partial charge in [-0.05, 0) is 12.1 Å². The van der Waals surface area contributed by atoms with E-state index in [0.29, 0.717) is 37.5 Å². The lowest BCUT2D eigenvalue weighted by atomic mass is 9.94. The number of para-hydroxylation sites is 2. The molecule has 1 saturated heterocycles. The minimum Gasteiger partial charge on any atom is -0.495 e. The maximum Gasteiger partial charge on any atom is 0.319 e. The topological polar surface area (TPSA) is 79.8 Å². The largest absolute Gasteiger partial charge is 0.495 e. The SMILES string of the molecule is COc1ccccc1NC(=O)NCC1(O)CCOCC1. The molecule has 0 atom stereocenters. The van der Waals surface area contributed by atoms with Crippen molar-refractivity contribution < 1.29 is 19.4 Å². The van der Waals surface area contributed by atoms with Crippen LogP contribution in [0.5, 0.6) is 5.75 Å². The standard InChI is InChI=1S/C14H20N2O4/c1-19-12-5-3-2-4-11(12)16-13(17)15-10-14(18)6-8-20-9-7-14/h2-5,18H,6-10H2,1H3,(H2,15,16,17). The molecule has 3 N–H and O–H groups in total. The summed E-state index contributed by atoms with van der Waals surface area (Å²) in [5.74, 6) is 0.590. The minimum atomic E-state index is -0.879. The Bertz CT molecular complexity index is 458. The molecular weight excluding hydrogens is 260 g/mol. The van der Waals surface area contributed by atoms with Gasteiger partial charge in [0, 0.05) is 32.6 Å². The smallest absolute Gasteiger partial charge is 0.319 e. The molecule has 1 fully saturated rings. The second kappa shape index (κ2) is 6.58. The lowest BCUT2D eigenvalue weighted by Gasteiger charge is -2.32. The van der Waals surface area contributed by atoms with Gasteiger partial charge in [-0.3, -0.25) is 0 Å². The van der Waals surface area contributed by atoms with Gasteiger partial charge in [0.15, 0.2) is 0 Å². The van der Waals surface area contributed by atoms with Gasteiger partial charge in [0.1, 0.15) is 5.75 Å². The molecule has 0 spiro atoms. The molecule has 0 unspecified atom stereocenters. The lowest BCUT2D eigenvalue weighted by Crippen LogP contribution is -2.47. The molecule has 20 heavy (non-hydrogen) atoms. The van der Waals surface area contributed by atoms with Crippen LogP contribution in [0.15, 0.2) is 24.3 Å². The molecule has 1 aliphatic heterocycles. The molecule has 1 aliphatic rings. The van der Waals surface area contributed by atoms with Crippen molar-refractivity contribution in [3.8, 4) is 5.75 Å². The zero-order chi connectivity index (χ0) is 14.4. The van der Waals surface area contributed by atoms with Crippen molar-refractivity contribution in [2.75, 3.05) is 32.2 Å². The Morgan fingerprint density at radius 3 is 2.80 bits per heavy atom. The first-order valence-corrected chi connectivity index (χ1v) is 6.61. The van der Waals surface area contributed by atoms with E-state index in [1.54, 1.807) is 19.2 Å². The number of carbonyl (C=O) groups is 1. The third kappa shape index (κ3) is 3.85. The van der Waals surface area contributed by atoms with Gasteiger partial charge >= 0.3 is 6.03 Å². The van der Waals surface area contributed by atoms with E-state index in [-0.39, 0.29) is 12.6 Å². The van der Waals surface area contributed by atoms with E-state index in [2.05, 4.69) is 10.6 Å². The van der Waals surface area contributed by atoms with Crippen molar-refractivity contribution in [3.05, 3.63) is 24.3 Å². The van der Waals surface area contributed by atoms with Crippen LogP contribution in [0.1, 0.15) is 12.8 Å². The van der Waals surface area contributed by atoms with Crippen LogP contribution in [-0.4, -0.2) is 43.6 Å². The highest BCUT2D eigenvalue weighted by Crippen LogP contribution is 2.23. The number of anilines is 1. The zero-order valence-electron chi connectivity index (χ0n) is 11.5. The van der Waals surface area contributed by atoms with Gasteiger partial charge in [-0.1, -0.05) is 12.1 Å². The maximum atomic E-state index is 11.8. The second-order valence-electron chi connectivity index (χ2n) is 4.84. The summed E-state index contributed by atoms with van der Waals surface area (Å²) in [6, 6.07) is 6.79. The van der Waals surface area contributed by atoms with Crippen molar-refractivity contribution >= 4 is 11.7 Å². The van der Waals surface area contributed by atoms with Crippen LogP contribution < -0.4 is 15.4 Å². The molecule has 110 valence electrons.